The van der Waals surface area contributed by atoms with Gasteiger partial charge in [0.1, 0.15) is 5.75 Å². The van der Waals surface area contributed by atoms with E-state index in [2.05, 4.69) is 21.2 Å². The second-order valence-electron chi connectivity index (χ2n) is 6.15. The molecule has 1 fully saturated rings. The first kappa shape index (κ1) is 20.8. The van der Waals surface area contributed by atoms with Crippen molar-refractivity contribution in [3.05, 3.63) is 58.1 Å². The second kappa shape index (κ2) is 9.04. The van der Waals surface area contributed by atoms with Crippen LogP contribution in [-0.2, 0) is 21.3 Å². The fraction of sp³-hybridized carbons (Fsp3) is 0.316. The number of hydrogen-bond acceptors (Lipinski definition) is 5. The van der Waals surface area contributed by atoms with Crippen LogP contribution >= 0.6 is 15.9 Å². The summed E-state index contributed by atoms with van der Waals surface area (Å²) in [6, 6.07) is 11.8. The van der Waals surface area contributed by atoms with Gasteiger partial charge in [0.25, 0.3) is 5.91 Å². The van der Waals surface area contributed by atoms with E-state index in [4.69, 9.17) is 9.47 Å². The number of hydrogen-bond donors (Lipinski definition) is 1. The van der Waals surface area contributed by atoms with Crippen LogP contribution in [0.2, 0.25) is 0 Å². The third kappa shape index (κ3) is 4.54. The highest BCUT2D eigenvalue weighted by atomic mass is 79.9. The molecule has 0 saturated carbocycles. The number of carbonyl (C=O) groups is 1. The Morgan fingerprint density at radius 1 is 1.21 bits per heavy atom. The van der Waals surface area contributed by atoms with Gasteiger partial charge < -0.3 is 14.8 Å². The van der Waals surface area contributed by atoms with Gasteiger partial charge >= 0.3 is 0 Å². The number of nitrogens with zero attached hydrogens (tertiary/aromatic N) is 1. The summed E-state index contributed by atoms with van der Waals surface area (Å²) in [4.78, 5) is 12.8. The van der Waals surface area contributed by atoms with Crippen LogP contribution in [0.1, 0.15) is 15.9 Å². The Balaban J connectivity index is 1.80. The lowest BCUT2D eigenvalue weighted by atomic mass is 10.2. The van der Waals surface area contributed by atoms with Crippen LogP contribution in [0.3, 0.4) is 0 Å². The number of methoxy groups -OCH3 is 1. The Kier molecular flexibility index (Phi) is 6.71. The Bertz CT molecular complexity index is 959. The molecule has 2 aromatic rings. The van der Waals surface area contributed by atoms with Crippen molar-refractivity contribution >= 4 is 31.9 Å². The number of amides is 1. The summed E-state index contributed by atoms with van der Waals surface area (Å²) in [5, 5.41) is 2.79. The third-order valence-corrected chi connectivity index (χ3v) is 7.11. The molecule has 1 amide bonds. The van der Waals surface area contributed by atoms with Gasteiger partial charge in [0.15, 0.2) is 0 Å². The number of carbonyl (C=O) groups excluding carboxylic acids is 1. The minimum Gasteiger partial charge on any atom is -0.497 e. The van der Waals surface area contributed by atoms with Crippen LogP contribution < -0.4 is 10.1 Å². The van der Waals surface area contributed by atoms with Gasteiger partial charge in [0, 0.05) is 24.1 Å². The van der Waals surface area contributed by atoms with E-state index >= 15 is 0 Å². The molecule has 0 atom stereocenters. The SMILES string of the molecule is COc1ccc(Br)c(C(=O)NCc2ccccc2S(=O)(=O)N2CCOCC2)c1. The van der Waals surface area contributed by atoms with Crippen molar-refractivity contribution in [2.24, 2.45) is 0 Å². The van der Waals surface area contributed by atoms with E-state index in [1.54, 1.807) is 42.5 Å². The average Bonchev–Trinajstić information content (AvgIpc) is 2.73. The van der Waals surface area contributed by atoms with E-state index in [0.29, 0.717) is 47.7 Å². The number of rotatable bonds is 6. The molecule has 0 aromatic heterocycles. The van der Waals surface area contributed by atoms with Gasteiger partial charge in [-0.05, 0) is 45.8 Å². The fourth-order valence-corrected chi connectivity index (χ4v) is 4.96. The molecule has 150 valence electrons. The summed E-state index contributed by atoms with van der Waals surface area (Å²) in [5.41, 5.74) is 0.939. The van der Waals surface area contributed by atoms with Gasteiger partial charge in [-0.15, -0.1) is 0 Å². The van der Waals surface area contributed by atoms with Gasteiger partial charge in [-0.1, -0.05) is 18.2 Å². The second-order valence-corrected chi connectivity index (χ2v) is 8.91. The van der Waals surface area contributed by atoms with Crippen LogP contribution in [-0.4, -0.2) is 52.0 Å². The normalized spacial score (nSPS) is 15.2. The van der Waals surface area contributed by atoms with E-state index in [-0.39, 0.29) is 17.3 Å². The molecule has 28 heavy (non-hydrogen) atoms. The van der Waals surface area contributed by atoms with Crippen LogP contribution in [0.5, 0.6) is 5.75 Å². The summed E-state index contributed by atoms with van der Waals surface area (Å²) in [5.74, 6) is 0.230. The molecule has 1 aliphatic heterocycles. The molecule has 1 heterocycles. The highest BCUT2D eigenvalue weighted by molar-refractivity contribution is 9.10. The Morgan fingerprint density at radius 2 is 1.93 bits per heavy atom. The van der Waals surface area contributed by atoms with E-state index in [1.807, 2.05) is 0 Å². The topological polar surface area (TPSA) is 84.9 Å². The molecule has 1 saturated heterocycles. The van der Waals surface area contributed by atoms with Crippen molar-refractivity contribution in [1.82, 2.24) is 9.62 Å². The summed E-state index contributed by atoms with van der Waals surface area (Å²) >= 11 is 3.35. The summed E-state index contributed by atoms with van der Waals surface area (Å²) < 4.78 is 38.4. The molecule has 0 radical (unpaired) electrons. The molecular formula is C19H21BrN2O5S. The van der Waals surface area contributed by atoms with E-state index in [0.717, 1.165) is 0 Å². The molecule has 2 aromatic carbocycles. The predicted octanol–water partition coefficient (Wildman–Crippen LogP) is 2.41. The van der Waals surface area contributed by atoms with Gasteiger partial charge in [0.2, 0.25) is 10.0 Å². The lowest BCUT2D eigenvalue weighted by Crippen LogP contribution is -2.41. The number of sulfonamides is 1. The first-order chi connectivity index (χ1) is 13.4. The highest BCUT2D eigenvalue weighted by Crippen LogP contribution is 2.24. The van der Waals surface area contributed by atoms with E-state index in [1.165, 1.54) is 11.4 Å². The number of halogens is 1. The molecule has 0 bridgehead atoms. The minimum atomic E-state index is -3.65. The summed E-state index contributed by atoms with van der Waals surface area (Å²) in [6.07, 6.45) is 0. The third-order valence-electron chi connectivity index (χ3n) is 4.42. The molecule has 9 heteroatoms. The number of ether oxygens (including phenoxy) is 2. The van der Waals surface area contributed by atoms with Gasteiger partial charge in [0.05, 0.1) is 30.8 Å². The smallest absolute Gasteiger partial charge is 0.252 e. The predicted molar refractivity (Wildman–Crippen MR) is 108 cm³/mol. The molecule has 1 N–H and O–H groups in total. The van der Waals surface area contributed by atoms with Crippen molar-refractivity contribution in [3.63, 3.8) is 0 Å². The molecule has 1 aliphatic rings. The quantitative estimate of drug-likeness (QED) is 0.703. The molecular weight excluding hydrogens is 448 g/mol. The van der Waals surface area contributed by atoms with E-state index in [9.17, 15) is 13.2 Å². The fourth-order valence-electron chi connectivity index (χ4n) is 2.90. The largest absolute Gasteiger partial charge is 0.497 e. The standard InChI is InChI=1S/C19H21BrN2O5S/c1-26-15-6-7-17(20)16(12-15)19(23)21-13-14-4-2-3-5-18(14)28(24,25)22-8-10-27-11-9-22/h2-7,12H,8-11,13H2,1H3,(H,21,23). The van der Waals surface area contributed by atoms with Crippen molar-refractivity contribution < 1.29 is 22.7 Å². The van der Waals surface area contributed by atoms with E-state index < -0.39 is 10.0 Å². The van der Waals surface area contributed by atoms with Gasteiger partial charge in [-0.25, -0.2) is 8.42 Å². The van der Waals surface area contributed by atoms with Crippen LogP contribution in [0.15, 0.2) is 51.8 Å². The molecule has 7 nitrogen and oxygen atoms in total. The lowest BCUT2D eigenvalue weighted by Gasteiger charge is -2.27. The average molecular weight is 469 g/mol. The van der Waals surface area contributed by atoms with Crippen molar-refractivity contribution in [1.29, 1.82) is 0 Å². The lowest BCUT2D eigenvalue weighted by molar-refractivity contribution is 0.0730. The Labute approximate surface area is 172 Å². The first-order valence-corrected chi connectivity index (χ1v) is 10.9. The maximum absolute atomic E-state index is 13.0. The van der Waals surface area contributed by atoms with Crippen molar-refractivity contribution in [2.75, 3.05) is 33.4 Å². The molecule has 0 unspecified atom stereocenters. The zero-order valence-corrected chi connectivity index (χ0v) is 17.8. The molecule has 0 aliphatic carbocycles. The highest BCUT2D eigenvalue weighted by Gasteiger charge is 2.28. The zero-order valence-electron chi connectivity index (χ0n) is 15.4. The van der Waals surface area contributed by atoms with Crippen LogP contribution in [0.4, 0.5) is 0 Å². The van der Waals surface area contributed by atoms with Crippen molar-refractivity contribution in [2.45, 2.75) is 11.4 Å². The minimum absolute atomic E-state index is 0.0855. The number of nitrogens with one attached hydrogen (secondary N) is 1. The maximum atomic E-state index is 13.0. The number of morpholine rings is 1. The first-order valence-electron chi connectivity index (χ1n) is 8.71. The maximum Gasteiger partial charge on any atom is 0.252 e. The Morgan fingerprint density at radius 3 is 2.64 bits per heavy atom. The zero-order chi connectivity index (χ0) is 20.1. The van der Waals surface area contributed by atoms with Crippen LogP contribution in [0.25, 0.3) is 0 Å². The van der Waals surface area contributed by atoms with Gasteiger partial charge in [-0.2, -0.15) is 4.31 Å². The number of benzene rings is 2. The molecule has 0 spiro atoms. The monoisotopic (exact) mass is 468 g/mol. The van der Waals surface area contributed by atoms with Crippen molar-refractivity contribution in [3.8, 4) is 5.75 Å². The van der Waals surface area contributed by atoms with Crippen LogP contribution in [0, 0.1) is 0 Å². The Hall–Kier alpha value is -1.94. The summed E-state index contributed by atoms with van der Waals surface area (Å²) in [7, 11) is -2.13. The van der Waals surface area contributed by atoms with Gasteiger partial charge in [-0.3, -0.25) is 4.79 Å². The summed E-state index contributed by atoms with van der Waals surface area (Å²) in [6.45, 7) is 1.48. The molecule has 3 rings (SSSR count).